The average molecular weight is 348 g/mol. The van der Waals surface area contributed by atoms with Crippen molar-refractivity contribution in [3.8, 4) is 0 Å². The SMILES string of the molecule is CCOC1CC2(CCN(c3nnnn3Cc3cccc(Cl)c3)C2)C1. The molecule has 7 heteroatoms. The van der Waals surface area contributed by atoms with Crippen molar-refractivity contribution in [2.45, 2.75) is 38.8 Å². The molecule has 1 aliphatic heterocycles. The van der Waals surface area contributed by atoms with Crippen LogP contribution >= 0.6 is 11.6 Å². The number of tetrazole rings is 1. The van der Waals surface area contributed by atoms with E-state index in [2.05, 4.69) is 27.3 Å². The molecule has 128 valence electrons. The van der Waals surface area contributed by atoms with Crippen LogP contribution in [-0.2, 0) is 11.3 Å². The van der Waals surface area contributed by atoms with Gasteiger partial charge in [-0.15, -0.1) is 0 Å². The number of aromatic nitrogens is 4. The summed E-state index contributed by atoms with van der Waals surface area (Å²) < 4.78 is 7.59. The molecule has 0 atom stereocenters. The summed E-state index contributed by atoms with van der Waals surface area (Å²) in [5, 5.41) is 13.0. The molecule has 24 heavy (non-hydrogen) atoms. The largest absolute Gasteiger partial charge is 0.378 e. The molecule has 0 amide bonds. The first-order valence-electron chi connectivity index (χ1n) is 8.55. The fraction of sp³-hybridized carbons (Fsp3) is 0.588. The molecule has 1 aromatic carbocycles. The van der Waals surface area contributed by atoms with Gasteiger partial charge in [0.25, 0.3) is 0 Å². The standard InChI is InChI=1S/C17H22ClN5O/c1-2-24-15-9-17(10-15)6-7-22(12-17)16-19-20-21-23(16)11-13-4-3-5-14(18)8-13/h3-5,8,15H,2,6-7,9-12H2,1H3. The van der Waals surface area contributed by atoms with E-state index >= 15 is 0 Å². The lowest BCUT2D eigenvalue weighted by Crippen LogP contribution is -2.44. The monoisotopic (exact) mass is 347 g/mol. The second-order valence-electron chi connectivity index (χ2n) is 6.92. The summed E-state index contributed by atoms with van der Waals surface area (Å²) in [6.07, 6.45) is 3.96. The van der Waals surface area contributed by atoms with Crippen molar-refractivity contribution < 1.29 is 4.74 Å². The van der Waals surface area contributed by atoms with Gasteiger partial charge in [0.05, 0.1) is 12.6 Å². The van der Waals surface area contributed by atoms with Crippen LogP contribution in [0, 0.1) is 5.41 Å². The Morgan fingerprint density at radius 2 is 2.25 bits per heavy atom. The van der Waals surface area contributed by atoms with Crippen LogP contribution in [-0.4, -0.2) is 46.0 Å². The maximum Gasteiger partial charge on any atom is 0.245 e. The quantitative estimate of drug-likeness (QED) is 0.832. The Bertz CT molecular complexity index is 713. The van der Waals surface area contributed by atoms with E-state index in [0.29, 0.717) is 18.1 Å². The lowest BCUT2D eigenvalue weighted by Gasteiger charge is -2.44. The van der Waals surface area contributed by atoms with Crippen molar-refractivity contribution >= 4 is 17.5 Å². The Morgan fingerprint density at radius 1 is 1.38 bits per heavy atom. The molecule has 2 heterocycles. The second-order valence-corrected chi connectivity index (χ2v) is 7.36. The fourth-order valence-corrected chi connectivity index (χ4v) is 4.25. The summed E-state index contributed by atoms with van der Waals surface area (Å²) in [5.74, 6) is 0.853. The van der Waals surface area contributed by atoms with Gasteiger partial charge in [0.15, 0.2) is 0 Å². The number of hydrogen-bond donors (Lipinski definition) is 0. The molecule has 0 radical (unpaired) electrons. The molecule has 2 aliphatic rings. The van der Waals surface area contributed by atoms with E-state index in [0.717, 1.165) is 49.1 Å². The molecule has 1 saturated carbocycles. The highest BCUT2D eigenvalue weighted by molar-refractivity contribution is 6.30. The Balaban J connectivity index is 1.44. The van der Waals surface area contributed by atoms with Crippen molar-refractivity contribution in [1.82, 2.24) is 20.2 Å². The minimum atomic E-state index is 0.396. The summed E-state index contributed by atoms with van der Waals surface area (Å²) in [7, 11) is 0. The Morgan fingerprint density at radius 3 is 3.04 bits per heavy atom. The number of rotatable bonds is 5. The van der Waals surface area contributed by atoms with Gasteiger partial charge < -0.3 is 9.64 Å². The predicted octanol–water partition coefficient (Wildman–Crippen LogP) is 2.77. The zero-order valence-electron chi connectivity index (χ0n) is 13.9. The summed E-state index contributed by atoms with van der Waals surface area (Å²) in [6, 6.07) is 7.83. The molecule has 1 saturated heterocycles. The van der Waals surface area contributed by atoms with Crippen molar-refractivity contribution in [1.29, 1.82) is 0 Å². The van der Waals surface area contributed by atoms with Crippen LogP contribution in [0.3, 0.4) is 0 Å². The first-order valence-corrected chi connectivity index (χ1v) is 8.92. The van der Waals surface area contributed by atoms with Crippen LogP contribution in [0.1, 0.15) is 31.7 Å². The molecule has 1 aromatic heterocycles. The maximum absolute atomic E-state index is 6.07. The van der Waals surface area contributed by atoms with Crippen LogP contribution in [0.2, 0.25) is 5.02 Å². The Labute approximate surface area is 146 Å². The number of nitrogens with zero attached hydrogens (tertiary/aromatic N) is 5. The smallest absolute Gasteiger partial charge is 0.245 e. The summed E-state index contributed by atoms with van der Waals surface area (Å²) in [6.45, 7) is 5.54. The van der Waals surface area contributed by atoms with E-state index in [1.807, 2.05) is 28.9 Å². The third-order valence-corrected chi connectivity index (χ3v) is 5.41. The van der Waals surface area contributed by atoms with Gasteiger partial charge >= 0.3 is 0 Å². The van der Waals surface area contributed by atoms with Crippen molar-refractivity contribution in [3.63, 3.8) is 0 Å². The number of halogens is 1. The van der Waals surface area contributed by atoms with Gasteiger partial charge in [0.2, 0.25) is 5.95 Å². The Kier molecular flexibility index (Phi) is 4.18. The van der Waals surface area contributed by atoms with Gasteiger partial charge in [0, 0.05) is 24.7 Å². The normalized spacial score (nSPS) is 26.1. The van der Waals surface area contributed by atoms with Gasteiger partial charge in [-0.25, -0.2) is 4.68 Å². The minimum absolute atomic E-state index is 0.396. The van der Waals surface area contributed by atoms with Gasteiger partial charge in [-0.3, -0.25) is 0 Å². The highest BCUT2D eigenvalue weighted by atomic mass is 35.5. The zero-order chi connectivity index (χ0) is 16.6. The van der Waals surface area contributed by atoms with Crippen LogP contribution in [0.5, 0.6) is 0 Å². The first-order chi connectivity index (χ1) is 11.7. The summed E-state index contributed by atoms with van der Waals surface area (Å²) >= 11 is 6.07. The average Bonchev–Trinajstić information content (AvgIpc) is 3.14. The molecular formula is C17H22ClN5O. The van der Waals surface area contributed by atoms with E-state index in [1.54, 1.807) is 0 Å². The van der Waals surface area contributed by atoms with E-state index in [9.17, 15) is 0 Å². The third-order valence-electron chi connectivity index (χ3n) is 5.18. The molecule has 0 bridgehead atoms. The molecule has 1 aliphatic carbocycles. The van der Waals surface area contributed by atoms with Gasteiger partial charge in [-0.1, -0.05) is 28.8 Å². The highest BCUT2D eigenvalue weighted by Crippen LogP contribution is 2.49. The van der Waals surface area contributed by atoms with E-state index in [1.165, 1.54) is 6.42 Å². The summed E-state index contributed by atoms with van der Waals surface area (Å²) in [5.41, 5.74) is 1.50. The van der Waals surface area contributed by atoms with Crippen LogP contribution in [0.25, 0.3) is 0 Å². The molecule has 4 rings (SSSR count). The van der Waals surface area contributed by atoms with Crippen molar-refractivity contribution in [2.24, 2.45) is 5.41 Å². The molecule has 2 fully saturated rings. The van der Waals surface area contributed by atoms with Crippen LogP contribution in [0.4, 0.5) is 5.95 Å². The van der Waals surface area contributed by atoms with E-state index in [4.69, 9.17) is 16.3 Å². The zero-order valence-corrected chi connectivity index (χ0v) is 14.6. The second kappa shape index (κ2) is 6.33. The number of anilines is 1. The third kappa shape index (κ3) is 3.00. The van der Waals surface area contributed by atoms with Crippen molar-refractivity contribution in [2.75, 3.05) is 24.6 Å². The topological polar surface area (TPSA) is 56.1 Å². The van der Waals surface area contributed by atoms with E-state index < -0.39 is 0 Å². The lowest BCUT2D eigenvalue weighted by atomic mass is 9.66. The maximum atomic E-state index is 6.07. The Hall–Kier alpha value is -1.66. The molecular weight excluding hydrogens is 326 g/mol. The minimum Gasteiger partial charge on any atom is -0.378 e. The molecule has 1 spiro atoms. The van der Waals surface area contributed by atoms with Gasteiger partial charge in [0.1, 0.15) is 0 Å². The number of benzene rings is 1. The molecule has 0 N–H and O–H groups in total. The van der Waals surface area contributed by atoms with Crippen molar-refractivity contribution in [3.05, 3.63) is 34.9 Å². The first kappa shape index (κ1) is 15.8. The number of ether oxygens (including phenoxy) is 1. The highest BCUT2D eigenvalue weighted by Gasteiger charge is 2.49. The fourth-order valence-electron chi connectivity index (χ4n) is 4.04. The van der Waals surface area contributed by atoms with Gasteiger partial charge in [-0.2, -0.15) is 0 Å². The number of hydrogen-bond acceptors (Lipinski definition) is 5. The molecule has 6 nitrogen and oxygen atoms in total. The molecule has 2 aromatic rings. The predicted molar refractivity (Wildman–Crippen MR) is 92.3 cm³/mol. The van der Waals surface area contributed by atoms with Crippen LogP contribution in [0.15, 0.2) is 24.3 Å². The summed E-state index contributed by atoms with van der Waals surface area (Å²) in [4.78, 5) is 2.31. The van der Waals surface area contributed by atoms with E-state index in [-0.39, 0.29) is 0 Å². The van der Waals surface area contributed by atoms with Gasteiger partial charge in [-0.05, 0) is 59.7 Å². The molecule has 0 unspecified atom stereocenters. The van der Waals surface area contributed by atoms with Crippen LogP contribution < -0.4 is 4.90 Å². The lowest BCUT2D eigenvalue weighted by molar-refractivity contribution is -0.0670.